The van der Waals surface area contributed by atoms with Gasteiger partial charge in [0.2, 0.25) is 0 Å². The third kappa shape index (κ3) is 2.09. The predicted octanol–water partition coefficient (Wildman–Crippen LogP) is 2.45. The summed E-state index contributed by atoms with van der Waals surface area (Å²) in [7, 11) is 1.55. The van der Waals surface area contributed by atoms with Crippen molar-refractivity contribution in [2.75, 3.05) is 7.11 Å². The van der Waals surface area contributed by atoms with Crippen LogP contribution in [0.4, 0.5) is 0 Å². The second-order valence-electron chi connectivity index (χ2n) is 4.01. The van der Waals surface area contributed by atoms with E-state index in [9.17, 15) is 9.90 Å². The molecule has 0 aliphatic heterocycles. The molecule has 0 spiro atoms. The fourth-order valence-corrected chi connectivity index (χ4v) is 2.04. The maximum absolute atomic E-state index is 11.5. The zero-order chi connectivity index (χ0) is 12.2. The molecule has 0 amide bonds. The normalized spacial score (nSPS) is 16.4. The fourth-order valence-electron chi connectivity index (χ4n) is 2.04. The Hall–Kier alpha value is -1.35. The van der Waals surface area contributed by atoms with Gasteiger partial charge in [-0.3, -0.25) is 4.79 Å². The minimum absolute atomic E-state index is 0.326. The Bertz CT molecular complexity index is 343. The molecule has 1 N–H and O–H groups in total. The van der Waals surface area contributed by atoms with E-state index >= 15 is 0 Å². The number of carboxylic acids is 1. The minimum Gasteiger partial charge on any atom is -0.481 e. The molecule has 1 rings (SSSR count). The summed E-state index contributed by atoms with van der Waals surface area (Å²) in [5.74, 6) is -0.854. The number of rotatable bonds is 5. The zero-order valence-electron chi connectivity index (χ0n) is 9.93. The molecule has 2 atom stereocenters. The quantitative estimate of drug-likeness (QED) is 0.832. The number of carboxylic acid groups (broad SMARTS) is 1. The molecule has 3 heteroatoms. The van der Waals surface area contributed by atoms with Crippen molar-refractivity contribution in [2.45, 2.75) is 31.8 Å². The second-order valence-corrected chi connectivity index (χ2v) is 4.01. The third-order valence-corrected chi connectivity index (χ3v) is 3.12. The summed E-state index contributed by atoms with van der Waals surface area (Å²) in [6, 6.07) is 9.23. The Morgan fingerprint density at radius 1 is 1.44 bits per heavy atom. The van der Waals surface area contributed by atoms with E-state index in [0.29, 0.717) is 6.42 Å². The number of carbonyl (C=O) groups is 1. The highest BCUT2D eigenvalue weighted by Gasteiger charge is 2.42. The van der Waals surface area contributed by atoms with Crippen LogP contribution in [0, 0.1) is 0 Å². The van der Waals surface area contributed by atoms with Gasteiger partial charge in [0.1, 0.15) is 5.41 Å². The molecule has 0 fully saturated rings. The predicted molar refractivity (Wildman–Crippen MR) is 62.5 cm³/mol. The Morgan fingerprint density at radius 3 is 2.38 bits per heavy atom. The highest BCUT2D eigenvalue weighted by atomic mass is 16.5. The number of hydrogen-bond donors (Lipinski definition) is 1. The van der Waals surface area contributed by atoms with E-state index in [0.717, 1.165) is 5.56 Å². The van der Waals surface area contributed by atoms with Gasteiger partial charge in [-0.2, -0.15) is 0 Å². The molecule has 0 saturated carbocycles. The average molecular weight is 222 g/mol. The van der Waals surface area contributed by atoms with Crippen LogP contribution >= 0.6 is 0 Å². The molecule has 0 bridgehead atoms. The SMILES string of the molecule is CCC(OC)C(C)(C(=O)O)c1ccccc1. The van der Waals surface area contributed by atoms with Gasteiger partial charge in [0, 0.05) is 7.11 Å². The molecule has 88 valence electrons. The summed E-state index contributed by atoms with van der Waals surface area (Å²) >= 11 is 0. The third-order valence-electron chi connectivity index (χ3n) is 3.12. The van der Waals surface area contributed by atoms with E-state index in [2.05, 4.69) is 0 Å². The summed E-state index contributed by atoms with van der Waals surface area (Å²) in [6.07, 6.45) is 0.334. The molecular weight excluding hydrogens is 204 g/mol. The molecule has 2 unspecified atom stereocenters. The smallest absolute Gasteiger partial charge is 0.316 e. The molecule has 1 aromatic carbocycles. The first-order chi connectivity index (χ1) is 7.57. The van der Waals surface area contributed by atoms with Crippen molar-refractivity contribution < 1.29 is 14.6 Å². The van der Waals surface area contributed by atoms with Gasteiger partial charge in [-0.15, -0.1) is 0 Å². The summed E-state index contributed by atoms with van der Waals surface area (Å²) in [4.78, 5) is 11.5. The molecule has 0 radical (unpaired) electrons. The molecule has 3 nitrogen and oxygen atoms in total. The standard InChI is InChI=1S/C13H18O3/c1-4-11(16-3)13(2,12(14)15)10-8-6-5-7-9-10/h5-9,11H,4H2,1-3H3,(H,14,15). The van der Waals surface area contributed by atoms with Gasteiger partial charge < -0.3 is 9.84 Å². The van der Waals surface area contributed by atoms with Crippen LogP contribution in [-0.2, 0) is 14.9 Å². The van der Waals surface area contributed by atoms with Gasteiger partial charge in [-0.25, -0.2) is 0 Å². The Balaban J connectivity index is 3.21. The molecule has 0 aliphatic carbocycles. The van der Waals surface area contributed by atoms with Crippen LogP contribution in [0.25, 0.3) is 0 Å². The van der Waals surface area contributed by atoms with Gasteiger partial charge in [0.25, 0.3) is 0 Å². The van der Waals surface area contributed by atoms with E-state index < -0.39 is 11.4 Å². The fraction of sp³-hybridized carbons (Fsp3) is 0.462. The van der Waals surface area contributed by atoms with Gasteiger partial charge >= 0.3 is 5.97 Å². The Labute approximate surface area is 96.1 Å². The molecule has 16 heavy (non-hydrogen) atoms. The van der Waals surface area contributed by atoms with Crippen molar-refractivity contribution in [3.05, 3.63) is 35.9 Å². The summed E-state index contributed by atoms with van der Waals surface area (Å²) in [6.45, 7) is 3.64. The first kappa shape index (κ1) is 12.7. The average Bonchev–Trinajstić information content (AvgIpc) is 2.31. The number of ether oxygens (including phenoxy) is 1. The number of benzene rings is 1. The van der Waals surface area contributed by atoms with Crippen molar-refractivity contribution in [1.29, 1.82) is 0 Å². The van der Waals surface area contributed by atoms with Crippen LogP contribution in [-0.4, -0.2) is 24.3 Å². The van der Waals surface area contributed by atoms with E-state index in [1.165, 1.54) is 0 Å². The lowest BCUT2D eigenvalue weighted by Gasteiger charge is -2.32. The Kier molecular flexibility index (Phi) is 4.07. The highest BCUT2D eigenvalue weighted by molar-refractivity contribution is 5.81. The molecule has 0 saturated heterocycles. The van der Waals surface area contributed by atoms with Gasteiger partial charge in [-0.05, 0) is 18.9 Å². The van der Waals surface area contributed by atoms with Crippen LogP contribution in [0.3, 0.4) is 0 Å². The molecular formula is C13H18O3. The highest BCUT2D eigenvalue weighted by Crippen LogP contribution is 2.31. The lowest BCUT2D eigenvalue weighted by Crippen LogP contribution is -2.44. The Morgan fingerprint density at radius 2 is 2.00 bits per heavy atom. The molecule has 0 heterocycles. The van der Waals surface area contributed by atoms with Gasteiger partial charge in [0.05, 0.1) is 6.10 Å². The largest absolute Gasteiger partial charge is 0.481 e. The van der Waals surface area contributed by atoms with Crippen LogP contribution in [0.5, 0.6) is 0 Å². The maximum atomic E-state index is 11.5. The van der Waals surface area contributed by atoms with E-state index in [1.807, 2.05) is 37.3 Å². The van der Waals surface area contributed by atoms with E-state index in [4.69, 9.17) is 4.74 Å². The minimum atomic E-state index is -0.995. The first-order valence-corrected chi connectivity index (χ1v) is 5.39. The molecule has 1 aromatic rings. The van der Waals surface area contributed by atoms with Crippen molar-refractivity contribution in [3.63, 3.8) is 0 Å². The van der Waals surface area contributed by atoms with Gasteiger partial charge in [-0.1, -0.05) is 37.3 Å². The van der Waals surface area contributed by atoms with Crippen molar-refractivity contribution in [1.82, 2.24) is 0 Å². The van der Waals surface area contributed by atoms with E-state index in [-0.39, 0.29) is 6.10 Å². The monoisotopic (exact) mass is 222 g/mol. The number of methoxy groups -OCH3 is 1. The van der Waals surface area contributed by atoms with Crippen molar-refractivity contribution >= 4 is 5.97 Å². The summed E-state index contributed by atoms with van der Waals surface area (Å²) < 4.78 is 5.30. The number of hydrogen-bond acceptors (Lipinski definition) is 2. The van der Waals surface area contributed by atoms with Crippen LogP contribution in [0.15, 0.2) is 30.3 Å². The zero-order valence-corrected chi connectivity index (χ0v) is 9.93. The molecule has 0 aliphatic rings. The van der Waals surface area contributed by atoms with Crippen LogP contribution < -0.4 is 0 Å². The summed E-state index contributed by atoms with van der Waals surface area (Å²) in [5.41, 5.74) is -0.221. The summed E-state index contributed by atoms with van der Waals surface area (Å²) in [5, 5.41) is 9.44. The molecule has 0 aromatic heterocycles. The maximum Gasteiger partial charge on any atom is 0.316 e. The lowest BCUT2D eigenvalue weighted by molar-refractivity contribution is -0.149. The van der Waals surface area contributed by atoms with Crippen LogP contribution in [0.1, 0.15) is 25.8 Å². The second kappa shape index (κ2) is 5.12. The van der Waals surface area contributed by atoms with Crippen LogP contribution in [0.2, 0.25) is 0 Å². The van der Waals surface area contributed by atoms with Gasteiger partial charge in [0.15, 0.2) is 0 Å². The first-order valence-electron chi connectivity index (χ1n) is 5.39. The lowest BCUT2D eigenvalue weighted by atomic mass is 9.76. The van der Waals surface area contributed by atoms with Crippen molar-refractivity contribution in [2.24, 2.45) is 0 Å². The van der Waals surface area contributed by atoms with E-state index in [1.54, 1.807) is 14.0 Å². The number of aliphatic carboxylic acids is 1. The topological polar surface area (TPSA) is 46.5 Å². The van der Waals surface area contributed by atoms with Crippen molar-refractivity contribution in [3.8, 4) is 0 Å².